The highest BCUT2D eigenvalue weighted by Crippen LogP contribution is 2.29. The number of halogens is 2. The lowest BCUT2D eigenvalue weighted by Crippen LogP contribution is -2.49. The van der Waals surface area contributed by atoms with E-state index in [0.717, 1.165) is 18.9 Å². The van der Waals surface area contributed by atoms with Crippen molar-refractivity contribution in [1.82, 2.24) is 5.32 Å². The van der Waals surface area contributed by atoms with E-state index in [1.807, 2.05) is 13.0 Å². The fraction of sp³-hybridized carbons (Fsp3) is 0.600. The molecule has 1 fully saturated rings. The van der Waals surface area contributed by atoms with Gasteiger partial charge < -0.3 is 9.15 Å². The van der Waals surface area contributed by atoms with Crippen LogP contribution in [-0.2, 0) is 10.5 Å². The summed E-state index contributed by atoms with van der Waals surface area (Å²) in [5.41, 5.74) is -0.528. The molecule has 1 aliphatic rings. The van der Waals surface area contributed by atoms with Crippen molar-refractivity contribution in [3.05, 3.63) is 23.1 Å². The standard InChI is InChI=1S/C10H14ClNO2.ClH/c1-7-5-12-10(2,13-6-7)8-3-4-9(11)14-8;/h3-4,7,12H,5-6H2,1-2H3;1H. The minimum atomic E-state index is -0.528. The van der Waals surface area contributed by atoms with Crippen LogP contribution in [0.25, 0.3) is 0 Å². The molecule has 1 saturated heterocycles. The maximum Gasteiger partial charge on any atom is 0.193 e. The summed E-state index contributed by atoms with van der Waals surface area (Å²) in [6.07, 6.45) is 0. The Bertz CT molecular complexity index is 319. The van der Waals surface area contributed by atoms with Crippen LogP contribution in [0.4, 0.5) is 0 Å². The number of hydrogen-bond donors (Lipinski definition) is 1. The van der Waals surface area contributed by atoms with Crippen molar-refractivity contribution in [2.75, 3.05) is 13.2 Å². The first-order valence-electron chi connectivity index (χ1n) is 4.75. The minimum absolute atomic E-state index is 0. The third kappa shape index (κ3) is 2.67. The average Bonchev–Trinajstić information content (AvgIpc) is 2.58. The smallest absolute Gasteiger partial charge is 0.193 e. The second-order valence-electron chi connectivity index (χ2n) is 3.93. The Balaban J connectivity index is 0.00000112. The van der Waals surface area contributed by atoms with Crippen molar-refractivity contribution < 1.29 is 9.15 Å². The molecule has 5 heteroatoms. The Kier molecular flexibility index (Phi) is 4.06. The molecular formula is C10H15Cl2NO2. The van der Waals surface area contributed by atoms with Gasteiger partial charge in [-0.2, -0.15) is 0 Å². The molecule has 3 nitrogen and oxygen atoms in total. The van der Waals surface area contributed by atoms with Crippen molar-refractivity contribution in [2.45, 2.75) is 19.6 Å². The summed E-state index contributed by atoms with van der Waals surface area (Å²) >= 11 is 5.72. The van der Waals surface area contributed by atoms with E-state index in [1.165, 1.54) is 0 Å². The summed E-state index contributed by atoms with van der Waals surface area (Å²) in [6.45, 7) is 5.76. The molecule has 0 amide bonds. The van der Waals surface area contributed by atoms with Crippen molar-refractivity contribution >= 4 is 24.0 Å². The van der Waals surface area contributed by atoms with Gasteiger partial charge in [0.15, 0.2) is 16.7 Å². The third-order valence-corrected chi connectivity index (χ3v) is 2.69. The number of furan rings is 1. The Morgan fingerprint density at radius 1 is 1.53 bits per heavy atom. The van der Waals surface area contributed by atoms with E-state index >= 15 is 0 Å². The van der Waals surface area contributed by atoms with Gasteiger partial charge in [0.25, 0.3) is 0 Å². The van der Waals surface area contributed by atoms with Crippen LogP contribution in [0, 0.1) is 5.92 Å². The molecule has 2 rings (SSSR count). The Morgan fingerprint density at radius 3 is 2.73 bits per heavy atom. The van der Waals surface area contributed by atoms with Crippen LogP contribution in [0.2, 0.25) is 5.22 Å². The highest BCUT2D eigenvalue weighted by atomic mass is 35.5. The van der Waals surface area contributed by atoms with Crippen LogP contribution in [0.3, 0.4) is 0 Å². The second-order valence-corrected chi connectivity index (χ2v) is 4.31. The summed E-state index contributed by atoms with van der Waals surface area (Å²) < 4.78 is 11.1. The van der Waals surface area contributed by atoms with Crippen LogP contribution < -0.4 is 5.32 Å². The third-order valence-electron chi connectivity index (χ3n) is 2.49. The minimum Gasteiger partial charge on any atom is -0.445 e. The molecule has 0 radical (unpaired) electrons. The van der Waals surface area contributed by atoms with Crippen molar-refractivity contribution in [3.63, 3.8) is 0 Å². The lowest BCUT2D eigenvalue weighted by molar-refractivity contribution is -0.118. The van der Waals surface area contributed by atoms with E-state index in [2.05, 4.69) is 12.2 Å². The van der Waals surface area contributed by atoms with Gasteiger partial charge in [0.2, 0.25) is 0 Å². The first kappa shape index (κ1) is 12.8. The monoisotopic (exact) mass is 251 g/mol. The molecule has 1 aromatic heterocycles. The Morgan fingerprint density at radius 2 is 2.27 bits per heavy atom. The molecule has 0 aromatic carbocycles. The number of rotatable bonds is 1. The van der Waals surface area contributed by atoms with Gasteiger partial charge in [-0.3, -0.25) is 5.32 Å². The molecule has 1 aromatic rings. The normalized spacial score (nSPS) is 31.0. The second kappa shape index (κ2) is 4.74. The van der Waals surface area contributed by atoms with E-state index in [0.29, 0.717) is 11.1 Å². The molecule has 0 aliphatic carbocycles. The molecule has 15 heavy (non-hydrogen) atoms. The van der Waals surface area contributed by atoms with E-state index in [-0.39, 0.29) is 12.4 Å². The first-order valence-corrected chi connectivity index (χ1v) is 5.13. The van der Waals surface area contributed by atoms with Gasteiger partial charge in [-0.05, 0) is 36.6 Å². The van der Waals surface area contributed by atoms with E-state index < -0.39 is 5.72 Å². The van der Waals surface area contributed by atoms with Gasteiger partial charge >= 0.3 is 0 Å². The number of hydrogen-bond acceptors (Lipinski definition) is 3. The zero-order chi connectivity index (χ0) is 10.2. The molecule has 2 atom stereocenters. The molecule has 0 spiro atoms. The van der Waals surface area contributed by atoms with Crippen LogP contribution in [0.15, 0.2) is 16.5 Å². The highest BCUT2D eigenvalue weighted by molar-refractivity contribution is 6.28. The molecule has 0 bridgehead atoms. The summed E-state index contributed by atoms with van der Waals surface area (Å²) in [5, 5.41) is 3.69. The van der Waals surface area contributed by atoms with E-state index in [9.17, 15) is 0 Å². The number of nitrogens with one attached hydrogen (secondary N) is 1. The van der Waals surface area contributed by atoms with Crippen LogP contribution in [0.5, 0.6) is 0 Å². The van der Waals surface area contributed by atoms with Crippen LogP contribution >= 0.6 is 24.0 Å². The molecular weight excluding hydrogens is 237 g/mol. The zero-order valence-corrected chi connectivity index (χ0v) is 10.3. The van der Waals surface area contributed by atoms with E-state index in [4.69, 9.17) is 20.8 Å². The summed E-state index contributed by atoms with van der Waals surface area (Å²) in [6, 6.07) is 3.57. The van der Waals surface area contributed by atoms with Gasteiger partial charge in [-0.25, -0.2) is 0 Å². The summed E-state index contributed by atoms with van der Waals surface area (Å²) in [4.78, 5) is 0. The molecule has 2 heterocycles. The summed E-state index contributed by atoms with van der Waals surface area (Å²) in [7, 11) is 0. The fourth-order valence-corrected chi connectivity index (χ4v) is 1.66. The molecule has 2 unspecified atom stereocenters. The van der Waals surface area contributed by atoms with E-state index in [1.54, 1.807) is 6.07 Å². The quantitative estimate of drug-likeness (QED) is 0.834. The molecule has 1 aliphatic heterocycles. The first-order chi connectivity index (χ1) is 6.60. The van der Waals surface area contributed by atoms with Crippen LogP contribution in [0.1, 0.15) is 19.6 Å². The van der Waals surface area contributed by atoms with Gasteiger partial charge in [0.05, 0.1) is 6.61 Å². The highest BCUT2D eigenvalue weighted by Gasteiger charge is 2.34. The lowest BCUT2D eigenvalue weighted by Gasteiger charge is -2.36. The van der Waals surface area contributed by atoms with Gasteiger partial charge in [0, 0.05) is 6.54 Å². The molecule has 1 N–H and O–H groups in total. The largest absolute Gasteiger partial charge is 0.445 e. The fourth-order valence-electron chi connectivity index (χ4n) is 1.52. The summed E-state index contributed by atoms with van der Waals surface area (Å²) in [5.74, 6) is 1.27. The Hall–Kier alpha value is -0.220. The zero-order valence-electron chi connectivity index (χ0n) is 8.75. The average molecular weight is 252 g/mol. The predicted molar refractivity (Wildman–Crippen MR) is 61.4 cm³/mol. The van der Waals surface area contributed by atoms with Crippen molar-refractivity contribution in [1.29, 1.82) is 0 Å². The number of ether oxygens (including phenoxy) is 1. The maximum atomic E-state index is 5.72. The lowest BCUT2D eigenvalue weighted by atomic mass is 10.1. The maximum absolute atomic E-state index is 5.72. The van der Waals surface area contributed by atoms with Gasteiger partial charge in [0.1, 0.15) is 0 Å². The van der Waals surface area contributed by atoms with Gasteiger partial charge in [-0.15, -0.1) is 12.4 Å². The Labute approximate surface area is 101 Å². The van der Waals surface area contributed by atoms with Crippen molar-refractivity contribution in [3.8, 4) is 0 Å². The molecule has 86 valence electrons. The predicted octanol–water partition coefficient (Wildman–Crippen LogP) is 2.78. The SMILES string of the molecule is CC1CNC(C)(c2ccc(Cl)o2)OC1.Cl. The molecule has 0 saturated carbocycles. The topological polar surface area (TPSA) is 34.4 Å². The van der Waals surface area contributed by atoms with Crippen molar-refractivity contribution in [2.24, 2.45) is 5.92 Å². The van der Waals surface area contributed by atoms with Gasteiger partial charge in [-0.1, -0.05) is 6.92 Å². The van der Waals surface area contributed by atoms with Crippen LogP contribution in [-0.4, -0.2) is 13.2 Å².